The van der Waals surface area contributed by atoms with E-state index in [-0.39, 0.29) is 31.0 Å². The van der Waals surface area contributed by atoms with E-state index < -0.39 is 33.9 Å². The van der Waals surface area contributed by atoms with Gasteiger partial charge in [0, 0.05) is 37.7 Å². The number of amides is 1. The lowest BCUT2D eigenvalue weighted by molar-refractivity contribution is -0.159. The van der Waals surface area contributed by atoms with Gasteiger partial charge in [-0.15, -0.1) is 0 Å². The average molecular weight is 471 g/mol. The van der Waals surface area contributed by atoms with Crippen LogP contribution in [-0.4, -0.2) is 55.3 Å². The number of hydrogen-bond acceptors (Lipinski definition) is 7. The monoisotopic (exact) mass is 470 g/mol. The maximum absolute atomic E-state index is 13.0. The van der Waals surface area contributed by atoms with Crippen molar-refractivity contribution in [1.82, 2.24) is 9.29 Å². The summed E-state index contributed by atoms with van der Waals surface area (Å²) in [5.41, 5.74) is 0.620. The van der Waals surface area contributed by atoms with Gasteiger partial charge in [0.2, 0.25) is 10.0 Å². The first-order chi connectivity index (χ1) is 15.8. The molecule has 1 unspecified atom stereocenters. The fourth-order valence-electron chi connectivity index (χ4n) is 3.66. The molecule has 1 aliphatic rings. The van der Waals surface area contributed by atoms with Gasteiger partial charge in [-0.1, -0.05) is 18.2 Å². The van der Waals surface area contributed by atoms with Crippen LogP contribution in [0.4, 0.5) is 5.69 Å². The van der Waals surface area contributed by atoms with Gasteiger partial charge in [0.25, 0.3) is 5.91 Å². The van der Waals surface area contributed by atoms with Crippen molar-refractivity contribution in [3.8, 4) is 6.07 Å². The van der Waals surface area contributed by atoms with E-state index >= 15 is 0 Å². The molecule has 1 aliphatic heterocycles. The van der Waals surface area contributed by atoms with Crippen molar-refractivity contribution in [3.63, 3.8) is 0 Å². The topological polar surface area (TPSA) is 121 Å². The predicted molar refractivity (Wildman–Crippen MR) is 120 cm³/mol. The lowest BCUT2D eigenvalue weighted by Gasteiger charge is -2.31. The van der Waals surface area contributed by atoms with Crippen molar-refractivity contribution in [2.24, 2.45) is 5.92 Å². The minimum atomic E-state index is -3.67. The van der Waals surface area contributed by atoms with Crippen molar-refractivity contribution >= 4 is 27.6 Å². The van der Waals surface area contributed by atoms with Gasteiger partial charge in [0.15, 0.2) is 6.10 Å². The fourth-order valence-corrected chi connectivity index (χ4v) is 5.09. The molecule has 0 radical (unpaired) electrons. The zero-order valence-corrected chi connectivity index (χ0v) is 19.1. The van der Waals surface area contributed by atoms with E-state index in [1.165, 1.54) is 34.6 Å². The van der Waals surface area contributed by atoms with E-state index in [0.29, 0.717) is 18.5 Å². The number of piperidine rings is 1. The summed E-state index contributed by atoms with van der Waals surface area (Å²) in [4.78, 5) is 31.1. The summed E-state index contributed by atoms with van der Waals surface area (Å²) in [7, 11) is -3.67. The lowest BCUT2D eigenvalue weighted by atomic mass is 9.98. The second-order valence-corrected chi connectivity index (χ2v) is 9.62. The molecule has 1 aromatic heterocycles. The molecule has 33 heavy (non-hydrogen) atoms. The normalized spacial score (nSPS) is 15.9. The van der Waals surface area contributed by atoms with E-state index in [9.17, 15) is 18.0 Å². The summed E-state index contributed by atoms with van der Waals surface area (Å²) in [6.45, 7) is 2.05. The SMILES string of the molecule is CC(OC(=O)C1CCN(S(=O)(=O)c2cccnc2)CC1)C(=O)N(CCC#N)c1ccccc1. The molecule has 174 valence electrons. The molecule has 1 aromatic carbocycles. The number of esters is 1. The summed E-state index contributed by atoms with van der Waals surface area (Å²) in [6.07, 6.45) is 2.52. The smallest absolute Gasteiger partial charge is 0.309 e. The number of rotatable bonds is 8. The molecule has 9 nitrogen and oxygen atoms in total. The predicted octanol–water partition coefficient (Wildman–Crippen LogP) is 2.36. The van der Waals surface area contributed by atoms with Gasteiger partial charge < -0.3 is 9.64 Å². The van der Waals surface area contributed by atoms with Gasteiger partial charge in [-0.2, -0.15) is 9.57 Å². The number of anilines is 1. The van der Waals surface area contributed by atoms with Crippen molar-refractivity contribution in [3.05, 3.63) is 54.9 Å². The van der Waals surface area contributed by atoms with Crippen LogP contribution in [0.1, 0.15) is 26.2 Å². The minimum absolute atomic E-state index is 0.114. The number of nitrogens with zero attached hydrogens (tertiary/aromatic N) is 4. The van der Waals surface area contributed by atoms with Crippen LogP contribution < -0.4 is 4.90 Å². The molecule has 0 aliphatic carbocycles. The van der Waals surface area contributed by atoms with Crippen LogP contribution in [0.5, 0.6) is 0 Å². The summed E-state index contributed by atoms with van der Waals surface area (Å²) >= 11 is 0. The highest BCUT2D eigenvalue weighted by Crippen LogP contribution is 2.25. The summed E-state index contributed by atoms with van der Waals surface area (Å²) < 4.78 is 32.2. The number of ether oxygens (including phenoxy) is 1. The highest BCUT2D eigenvalue weighted by atomic mass is 32.2. The van der Waals surface area contributed by atoms with Crippen LogP contribution in [0.25, 0.3) is 0 Å². The van der Waals surface area contributed by atoms with Crippen molar-refractivity contribution in [2.45, 2.75) is 37.2 Å². The molecule has 1 fully saturated rings. The van der Waals surface area contributed by atoms with E-state index in [1.807, 2.05) is 12.1 Å². The van der Waals surface area contributed by atoms with Crippen LogP contribution in [-0.2, 0) is 24.3 Å². The quantitative estimate of drug-likeness (QED) is 0.543. The molecule has 2 heterocycles. The first-order valence-electron chi connectivity index (χ1n) is 10.7. The molecule has 0 N–H and O–H groups in total. The zero-order chi connectivity index (χ0) is 23.8. The molecule has 1 saturated heterocycles. The Bertz CT molecular complexity index is 1090. The standard InChI is InChI=1S/C23H26N4O5S/c1-18(22(28)27(14-6-12-24)20-7-3-2-4-8-20)32-23(29)19-10-15-26(16-11-19)33(30,31)21-9-5-13-25-17-21/h2-5,7-9,13,17-19H,6,10-11,14-16H2,1H3. The molecule has 0 spiro atoms. The Morgan fingerprint density at radius 3 is 2.52 bits per heavy atom. The maximum Gasteiger partial charge on any atom is 0.309 e. The van der Waals surface area contributed by atoms with E-state index in [0.717, 1.165) is 0 Å². The number of nitriles is 1. The Hall–Kier alpha value is -3.29. The summed E-state index contributed by atoms with van der Waals surface area (Å²) in [5, 5.41) is 8.93. The Morgan fingerprint density at radius 1 is 1.21 bits per heavy atom. The number of benzene rings is 1. The van der Waals surface area contributed by atoms with Crippen molar-refractivity contribution in [2.75, 3.05) is 24.5 Å². The Balaban J connectivity index is 1.59. The third-order valence-electron chi connectivity index (χ3n) is 5.48. The van der Waals surface area contributed by atoms with Crippen molar-refractivity contribution in [1.29, 1.82) is 5.26 Å². The molecule has 1 atom stereocenters. The lowest BCUT2D eigenvalue weighted by Crippen LogP contribution is -2.44. The second kappa shape index (κ2) is 11.0. The number of para-hydroxylation sites is 1. The molecular formula is C23H26N4O5S. The molecule has 1 amide bonds. The zero-order valence-electron chi connectivity index (χ0n) is 18.3. The van der Waals surface area contributed by atoms with Crippen molar-refractivity contribution < 1.29 is 22.7 Å². The second-order valence-electron chi connectivity index (χ2n) is 7.68. The summed E-state index contributed by atoms with van der Waals surface area (Å²) in [5.74, 6) is -1.44. The van der Waals surface area contributed by atoms with Gasteiger partial charge >= 0.3 is 5.97 Å². The van der Waals surface area contributed by atoms with Crippen LogP contribution in [0.15, 0.2) is 59.8 Å². The van der Waals surface area contributed by atoms with Gasteiger partial charge in [-0.05, 0) is 44.0 Å². The summed E-state index contributed by atoms with van der Waals surface area (Å²) in [6, 6.07) is 14.0. The number of pyridine rings is 1. The van der Waals surface area contributed by atoms with E-state index in [2.05, 4.69) is 4.98 Å². The fraction of sp³-hybridized carbons (Fsp3) is 0.391. The minimum Gasteiger partial charge on any atom is -0.452 e. The van der Waals surface area contributed by atoms with Crippen LogP contribution in [0.3, 0.4) is 0 Å². The van der Waals surface area contributed by atoms with Crippen LogP contribution in [0, 0.1) is 17.2 Å². The largest absolute Gasteiger partial charge is 0.452 e. The Morgan fingerprint density at radius 2 is 1.91 bits per heavy atom. The van der Waals surface area contributed by atoms with E-state index in [4.69, 9.17) is 10.00 Å². The molecule has 2 aromatic rings. The van der Waals surface area contributed by atoms with Crippen LogP contribution >= 0.6 is 0 Å². The Labute approximate surface area is 193 Å². The van der Waals surface area contributed by atoms with Gasteiger partial charge in [-0.25, -0.2) is 8.42 Å². The third-order valence-corrected chi connectivity index (χ3v) is 7.36. The number of carbonyl (C=O) groups is 2. The number of aromatic nitrogens is 1. The number of carbonyl (C=O) groups excluding carboxylic acids is 2. The average Bonchev–Trinajstić information content (AvgIpc) is 2.85. The first-order valence-corrected chi connectivity index (χ1v) is 12.1. The maximum atomic E-state index is 13.0. The molecule has 0 bridgehead atoms. The number of sulfonamides is 1. The van der Waals surface area contributed by atoms with E-state index in [1.54, 1.807) is 30.3 Å². The molecule has 10 heteroatoms. The highest BCUT2D eigenvalue weighted by molar-refractivity contribution is 7.89. The van der Waals surface area contributed by atoms with Gasteiger partial charge in [-0.3, -0.25) is 14.6 Å². The van der Waals surface area contributed by atoms with Crippen LogP contribution in [0.2, 0.25) is 0 Å². The van der Waals surface area contributed by atoms with Gasteiger partial charge in [0.05, 0.1) is 18.4 Å². The number of hydrogen-bond donors (Lipinski definition) is 0. The first kappa shape index (κ1) is 24.4. The van der Waals surface area contributed by atoms with Gasteiger partial charge in [0.1, 0.15) is 4.90 Å². The molecule has 0 saturated carbocycles. The molecular weight excluding hydrogens is 444 g/mol. The Kier molecular flexibility index (Phi) is 8.14. The molecule has 3 rings (SSSR count). The third kappa shape index (κ3) is 5.94. The highest BCUT2D eigenvalue weighted by Gasteiger charge is 2.34.